The molecule has 3 N–H and O–H groups in total. The first-order chi connectivity index (χ1) is 8.58. The summed E-state index contributed by atoms with van der Waals surface area (Å²) in [7, 11) is 0. The predicted molar refractivity (Wildman–Crippen MR) is 64.8 cm³/mol. The molecular weight excluding hydrogens is 236 g/mol. The Labute approximate surface area is 105 Å². The Hall–Kier alpha value is -1.89. The van der Waals surface area contributed by atoms with Gasteiger partial charge in [-0.1, -0.05) is 0 Å². The number of nitrogens with zero attached hydrogens (tertiary/aromatic N) is 2. The number of esters is 1. The number of imidazole rings is 1. The normalized spacial score (nSPS) is 11.9. The van der Waals surface area contributed by atoms with Crippen LogP contribution >= 0.6 is 0 Å². The minimum absolute atomic E-state index is 0.250. The Bertz CT molecular complexity index is 416. The zero-order chi connectivity index (χ0) is 13.5. The van der Waals surface area contributed by atoms with Gasteiger partial charge in [0.2, 0.25) is 0 Å². The van der Waals surface area contributed by atoms with Crippen molar-refractivity contribution in [2.75, 3.05) is 13.2 Å². The molecule has 1 heterocycles. The maximum absolute atomic E-state index is 11.8. The Kier molecular flexibility index (Phi) is 5.31. The van der Waals surface area contributed by atoms with Crippen LogP contribution in [0.15, 0.2) is 12.5 Å². The van der Waals surface area contributed by atoms with Crippen molar-refractivity contribution in [1.82, 2.24) is 14.9 Å². The Balaban J connectivity index is 2.56. The van der Waals surface area contributed by atoms with Crippen LogP contribution in [0, 0.1) is 0 Å². The molecule has 1 atom stereocenters. The summed E-state index contributed by atoms with van der Waals surface area (Å²) >= 11 is 0. The van der Waals surface area contributed by atoms with Crippen LogP contribution < -0.4 is 11.1 Å². The molecule has 0 radical (unpaired) electrons. The summed E-state index contributed by atoms with van der Waals surface area (Å²) in [6.45, 7) is 4.61. The fourth-order valence-electron chi connectivity index (χ4n) is 1.35. The summed E-state index contributed by atoms with van der Waals surface area (Å²) in [5.74, 6) is -0.876. The molecule has 0 fully saturated rings. The molecule has 0 aliphatic heterocycles. The summed E-state index contributed by atoms with van der Waals surface area (Å²) in [5.41, 5.74) is 5.64. The molecule has 0 saturated carbocycles. The topological polar surface area (TPSA) is 99.2 Å². The van der Waals surface area contributed by atoms with Crippen LogP contribution in [0.25, 0.3) is 0 Å². The van der Waals surface area contributed by atoms with Crippen molar-refractivity contribution in [1.29, 1.82) is 0 Å². The van der Waals surface area contributed by atoms with Crippen LogP contribution in [0.2, 0.25) is 0 Å². The summed E-state index contributed by atoms with van der Waals surface area (Å²) in [6.07, 6.45) is 3.11. The zero-order valence-corrected chi connectivity index (χ0v) is 10.5. The maximum atomic E-state index is 11.8. The second-order valence-corrected chi connectivity index (χ2v) is 3.73. The lowest BCUT2D eigenvalue weighted by Crippen LogP contribution is -2.39. The second-order valence-electron chi connectivity index (χ2n) is 3.73. The highest BCUT2D eigenvalue weighted by Gasteiger charge is 2.18. The molecule has 0 saturated heterocycles. The van der Waals surface area contributed by atoms with Gasteiger partial charge in [0.15, 0.2) is 0 Å². The highest BCUT2D eigenvalue weighted by Crippen LogP contribution is 1.98. The molecule has 1 amide bonds. The molecule has 7 heteroatoms. The van der Waals surface area contributed by atoms with Crippen molar-refractivity contribution >= 4 is 11.9 Å². The number of hydrogen-bond acceptors (Lipinski definition) is 5. The second kappa shape index (κ2) is 6.75. The van der Waals surface area contributed by atoms with Gasteiger partial charge in [-0.25, -0.2) is 9.78 Å². The average Bonchev–Trinajstić information content (AvgIpc) is 2.78. The summed E-state index contributed by atoms with van der Waals surface area (Å²) in [5, 5.41) is 2.52. The number of carbonyl (C=O) groups excluding carboxylic acids is 2. The molecule has 0 aliphatic rings. The molecule has 0 aromatic carbocycles. The highest BCUT2D eigenvalue weighted by molar-refractivity contribution is 5.94. The number of nitrogens with one attached hydrogen (secondary N) is 1. The van der Waals surface area contributed by atoms with Crippen LogP contribution in [0.3, 0.4) is 0 Å². The van der Waals surface area contributed by atoms with E-state index in [1.54, 1.807) is 24.6 Å². The number of nitrogens with two attached hydrogens (primary N) is 1. The lowest BCUT2D eigenvalue weighted by atomic mass is 10.3. The minimum atomic E-state index is -0.697. The molecule has 7 nitrogen and oxygen atoms in total. The molecular formula is C11H18N4O3. The Morgan fingerprint density at radius 1 is 1.61 bits per heavy atom. The SMILES string of the molecule is CCOC(=O)C(C)NC(=O)c1cn(CCN)cn1. The van der Waals surface area contributed by atoms with E-state index in [4.69, 9.17) is 10.5 Å². The fraction of sp³-hybridized carbons (Fsp3) is 0.545. The number of rotatable bonds is 6. The van der Waals surface area contributed by atoms with Gasteiger partial charge in [-0.05, 0) is 13.8 Å². The van der Waals surface area contributed by atoms with Gasteiger partial charge in [0.1, 0.15) is 11.7 Å². The van der Waals surface area contributed by atoms with Crippen LogP contribution in [-0.2, 0) is 16.1 Å². The molecule has 0 spiro atoms. The monoisotopic (exact) mass is 254 g/mol. The van der Waals surface area contributed by atoms with E-state index in [-0.39, 0.29) is 12.3 Å². The van der Waals surface area contributed by atoms with Gasteiger partial charge in [-0.15, -0.1) is 0 Å². The standard InChI is InChI=1S/C11H18N4O3/c1-3-18-11(17)8(2)14-10(16)9-6-15(5-4-12)7-13-9/h6-8H,3-5,12H2,1-2H3,(H,14,16). The van der Waals surface area contributed by atoms with Gasteiger partial charge in [0.25, 0.3) is 5.91 Å². The van der Waals surface area contributed by atoms with E-state index in [0.717, 1.165) is 0 Å². The van der Waals surface area contributed by atoms with Crippen LogP contribution in [-0.4, -0.2) is 40.6 Å². The smallest absolute Gasteiger partial charge is 0.328 e. The average molecular weight is 254 g/mol. The largest absolute Gasteiger partial charge is 0.464 e. The molecule has 0 aliphatic carbocycles. The number of hydrogen-bond donors (Lipinski definition) is 2. The van der Waals surface area contributed by atoms with Crippen molar-refractivity contribution in [2.24, 2.45) is 5.73 Å². The quantitative estimate of drug-likeness (QED) is 0.668. The van der Waals surface area contributed by atoms with E-state index in [9.17, 15) is 9.59 Å². The first-order valence-electron chi connectivity index (χ1n) is 5.77. The van der Waals surface area contributed by atoms with E-state index < -0.39 is 17.9 Å². The van der Waals surface area contributed by atoms with Gasteiger partial charge in [0, 0.05) is 19.3 Å². The van der Waals surface area contributed by atoms with Crippen molar-refractivity contribution in [3.8, 4) is 0 Å². The lowest BCUT2D eigenvalue weighted by Gasteiger charge is -2.11. The third kappa shape index (κ3) is 3.85. The number of amides is 1. The van der Waals surface area contributed by atoms with Crippen molar-refractivity contribution in [3.05, 3.63) is 18.2 Å². The zero-order valence-electron chi connectivity index (χ0n) is 10.5. The first-order valence-corrected chi connectivity index (χ1v) is 5.77. The molecule has 1 aromatic rings. The van der Waals surface area contributed by atoms with E-state index in [1.807, 2.05) is 0 Å². The fourth-order valence-corrected chi connectivity index (χ4v) is 1.35. The van der Waals surface area contributed by atoms with Crippen molar-refractivity contribution in [3.63, 3.8) is 0 Å². The third-order valence-corrected chi connectivity index (χ3v) is 2.24. The molecule has 18 heavy (non-hydrogen) atoms. The third-order valence-electron chi connectivity index (χ3n) is 2.24. The number of aromatic nitrogens is 2. The molecule has 100 valence electrons. The lowest BCUT2D eigenvalue weighted by molar-refractivity contribution is -0.144. The highest BCUT2D eigenvalue weighted by atomic mass is 16.5. The molecule has 1 unspecified atom stereocenters. The Morgan fingerprint density at radius 3 is 2.94 bits per heavy atom. The summed E-state index contributed by atoms with van der Waals surface area (Å²) < 4.78 is 6.50. The first kappa shape index (κ1) is 14.2. The summed E-state index contributed by atoms with van der Waals surface area (Å²) in [4.78, 5) is 27.0. The van der Waals surface area contributed by atoms with Gasteiger partial charge < -0.3 is 20.4 Å². The Morgan fingerprint density at radius 2 is 2.33 bits per heavy atom. The van der Waals surface area contributed by atoms with Crippen molar-refractivity contribution < 1.29 is 14.3 Å². The number of carbonyl (C=O) groups is 2. The van der Waals surface area contributed by atoms with Gasteiger partial charge in [-0.3, -0.25) is 4.79 Å². The molecule has 0 bridgehead atoms. The van der Waals surface area contributed by atoms with E-state index >= 15 is 0 Å². The van der Waals surface area contributed by atoms with Gasteiger partial charge in [-0.2, -0.15) is 0 Å². The van der Waals surface area contributed by atoms with E-state index in [2.05, 4.69) is 10.3 Å². The van der Waals surface area contributed by atoms with Gasteiger partial charge in [0.05, 0.1) is 12.9 Å². The maximum Gasteiger partial charge on any atom is 0.328 e. The van der Waals surface area contributed by atoms with E-state index in [1.165, 1.54) is 6.33 Å². The minimum Gasteiger partial charge on any atom is -0.464 e. The summed E-state index contributed by atoms with van der Waals surface area (Å²) in [6, 6.07) is -0.697. The molecule has 1 aromatic heterocycles. The van der Waals surface area contributed by atoms with Crippen molar-refractivity contribution in [2.45, 2.75) is 26.4 Å². The van der Waals surface area contributed by atoms with Gasteiger partial charge >= 0.3 is 5.97 Å². The van der Waals surface area contributed by atoms with E-state index in [0.29, 0.717) is 13.1 Å². The number of ether oxygens (including phenoxy) is 1. The van der Waals surface area contributed by atoms with Crippen LogP contribution in [0.5, 0.6) is 0 Å². The van der Waals surface area contributed by atoms with Crippen LogP contribution in [0.4, 0.5) is 0 Å². The van der Waals surface area contributed by atoms with Crippen LogP contribution in [0.1, 0.15) is 24.3 Å². The predicted octanol–water partition coefficient (Wildman–Crippen LogP) is -0.477. The molecule has 1 rings (SSSR count).